The molecular formula is C23H30N2O3. The standard InChI is InChI=1S/C23H30N2O3/c1-5-16(4)24-22(26)19-10-8-9-11-20(19)25-23(27)21(7-3)28-18-14-12-17(6-2)13-15-18/h8-16,21H,5-7H2,1-4H3,(H,24,26)(H,25,27). The number of aryl methyl sites for hydroxylation is 1. The number of hydrogen-bond donors (Lipinski definition) is 2. The summed E-state index contributed by atoms with van der Waals surface area (Å²) >= 11 is 0. The number of rotatable bonds is 9. The Bertz CT molecular complexity index is 787. The van der Waals surface area contributed by atoms with Crippen LogP contribution >= 0.6 is 0 Å². The molecule has 0 fully saturated rings. The molecule has 0 saturated heterocycles. The lowest BCUT2D eigenvalue weighted by atomic mass is 10.1. The Morgan fingerprint density at radius 3 is 2.25 bits per heavy atom. The van der Waals surface area contributed by atoms with E-state index in [4.69, 9.17) is 4.74 Å². The number of ether oxygens (including phenoxy) is 1. The van der Waals surface area contributed by atoms with E-state index in [1.54, 1.807) is 24.3 Å². The lowest BCUT2D eigenvalue weighted by Crippen LogP contribution is -2.35. The largest absolute Gasteiger partial charge is 0.481 e. The van der Waals surface area contributed by atoms with Crippen LogP contribution < -0.4 is 15.4 Å². The van der Waals surface area contributed by atoms with Crippen LogP contribution in [-0.2, 0) is 11.2 Å². The number of carbonyl (C=O) groups is 2. The molecule has 28 heavy (non-hydrogen) atoms. The highest BCUT2D eigenvalue weighted by Crippen LogP contribution is 2.19. The van der Waals surface area contributed by atoms with Gasteiger partial charge in [0.15, 0.2) is 6.10 Å². The maximum atomic E-state index is 12.8. The molecule has 0 aromatic heterocycles. The average Bonchev–Trinajstić information content (AvgIpc) is 2.72. The fraction of sp³-hybridized carbons (Fsp3) is 0.391. The Balaban J connectivity index is 2.10. The summed E-state index contributed by atoms with van der Waals surface area (Å²) in [4.78, 5) is 25.3. The molecule has 0 spiro atoms. The summed E-state index contributed by atoms with van der Waals surface area (Å²) in [6.07, 6.45) is 1.66. The third-order valence-corrected chi connectivity index (χ3v) is 4.69. The molecular weight excluding hydrogens is 352 g/mol. The molecule has 0 aliphatic rings. The Kier molecular flexibility index (Phi) is 8.05. The predicted octanol–water partition coefficient (Wildman–Crippen LogP) is 4.57. The highest BCUT2D eigenvalue weighted by atomic mass is 16.5. The Morgan fingerprint density at radius 1 is 0.964 bits per heavy atom. The maximum absolute atomic E-state index is 12.8. The summed E-state index contributed by atoms with van der Waals surface area (Å²) in [5, 5.41) is 5.78. The zero-order chi connectivity index (χ0) is 20.5. The summed E-state index contributed by atoms with van der Waals surface area (Å²) < 4.78 is 5.87. The van der Waals surface area contributed by atoms with E-state index in [0.29, 0.717) is 23.4 Å². The van der Waals surface area contributed by atoms with Crippen molar-refractivity contribution in [1.29, 1.82) is 0 Å². The van der Waals surface area contributed by atoms with Gasteiger partial charge in [0.1, 0.15) is 5.75 Å². The highest BCUT2D eigenvalue weighted by Gasteiger charge is 2.21. The third-order valence-electron chi connectivity index (χ3n) is 4.69. The van der Waals surface area contributed by atoms with Gasteiger partial charge in [-0.25, -0.2) is 0 Å². The second kappa shape index (κ2) is 10.5. The average molecular weight is 383 g/mol. The minimum Gasteiger partial charge on any atom is -0.481 e. The van der Waals surface area contributed by atoms with Crippen molar-refractivity contribution >= 4 is 17.5 Å². The minimum absolute atomic E-state index is 0.0640. The zero-order valence-corrected chi connectivity index (χ0v) is 17.1. The van der Waals surface area contributed by atoms with Crippen LogP contribution in [0.4, 0.5) is 5.69 Å². The summed E-state index contributed by atoms with van der Waals surface area (Å²) in [7, 11) is 0. The molecule has 2 unspecified atom stereocenters. The lowest BCUT2D eigenvalue weighted by Gasteiger charge is -2.19. The maximum Gasteiger partial charge on any atom is 0.265 e. The van der Waals surface area contributed by atoms with Crippen molar-refractivity contribution in [2.45, 2.75) is 59.1 Å². The van der Waals surface area contributed by atoms with Gasteiger partial charge in [0.25, 0.3) is 11.8 Å². The van der Waals surface area contributed by atoms with E-state index in [9.17, 15) is 9.59 Å². The van der Waals surface area contributed by atoms with Gasteiger partial charge in [-0.05, 0) is 56.0 Å². The second-order valence-corrected chi connectivity index (χ2v) is 6.83. The van der Waals surface area contributed by atoms with Crippen LogP contribution in [0.5, 0.6) is 5.75 Å². The molecule has 0 heterocycles. The van der Waals surface area contributed by atoms with E-state index in [2.05, 4.69) is 17.6 Å². The van der Waals surface area contributed by atoms with Crippen LogP contribution in [0.1, 0.15) is 56.5 Å². The molecule has 150 valence electrons. The number of para-hydroxylation sites is 1. The first-order chi connectivity index (χ1) is 13.5. The first-order valence-corrected chi connectivity index (χ1v) is 9.94. The Labute approximate surface area is 167 Å². The van der Waals surface area contributed by atoms with Crippen LogP contribution in [0.3, 0.4) is 0 Å². The smallest absolute Gasteiger partial charge is 0.265 e. The first-order valence-electron chi connectivity index (χ1n) is 9.94. The van der Waals surface area contributed by atoms with Gasteiger partial charge >= 0.3 is 0 Å². The molecule has 5 nitrogen and oxygen atoms in total. The molecule has 2 rings (SSSR count). The summed E-state index contributed by atoms with van der Waals surface area (Å²) in [5.74, 6) is 0.183. The zero-order valence-electron chi connectivity index (χ0n) is 17.1. The molecule has 0 radical (unpaired) electrons. The minimum atomic E-state index is -0.641. The second-order valence-electron chi connectivity index (χ2n) is 6.83. The fourth-order valence-corrected chi connectivity index (χ4v) is 2.70. The van der Waals surface area contributed by atoms with Crippen molar-refractivity contribution in [2.75, 3.05) is 5.32 Å². The monoisotopic (exact) mass is 382 g/mol. The van der Waals surface area contributed by atoms with E-state index in [1.165, 1.54) is 5.56 Å². The summed E-state index contributed by atoms with van der Waals surface area (Å²) in [5.41, 5.74) is 2.14. The van der Waals surface area contributed by atoms with Crippen molar-refractivity contribution in [1.82, 2.24) is 5.32 Å². The van der Waals surface area contributed by atoms with E-state index in [1.807, 2.05) is 45.0 Å². The van der Waals surface area contributed by atoms with Crippen LogP contribution in [0, 0.1) is 0 Å². The molecule has 2 amide bonds. The van der Waals surface area contributed by atoms with Crippen LogP contribution in [0.2, 0.25) is 0 Å². The van der Waals surface area contributed by atoms with Crippen LogP contribution in [0.25, 0.3) is 0 Å². The molecule has 2 N–H and O–H groups in total. The van der Waals surface area contributed by atoms with Gasteiger partial charge < -0.3 is 15.4 Å². The SMILES string of the molecule is CCc1ccc(OC(CC)C(=O)Nc2ccccc2C(=O)NC(C)CC)cc1. The van der Waals surface area contributed by atoms with Crippen molar-refractivity contribution in [3.05, 3.63) is 59.7 Å². The highest BCUT2D eigenvalue weighted by molar-refractivity contribution is 6.04. The van der Waals surface area contributed by atoms with Crippen LogP contribution in [-0.4, -0.2) is 24.0 Å². The molecule has 0 bridgehead atoms. The predicted molar refractivity (Wildman–Crippen MR) is 113 cm³/mol. The van der Waals surface area contributed by atoms with E-state index >= 15 is 0 Å². The van der Waals surface area contributed by atoms with E-state index in [-0.39, 0.29) is 17.9 Å². The van der Waals surface area contributed by atoms with Gasteiger partial charge in [-0.15, -0.1) is 0 Å². The molecule has 0 aliphatic heterocycles. The van der Waals surface area contributed by atoms with Gasteiger partial charge in [0.2, 0.25) is 0 Å². The normalized spacial score (nSPS) is 12.7. The summed E-state index contributed by atoms with van der Waals surface area (Å²) in [6, 6.07) is 14.8. The number of hydrogen-bond acceptors (Lipinski definition) is 3. The van der Waals surface area contributed by atoms with Gasteiger partial charge in [-0.3, -0.25) is 9.59 Å². The van der Waals surface area contributed by atoms with Crippen molar-refractivity contribution < 1.29 is 14.3 Å². The van der Waals surface area contributed by atoms with Gasteiger partial charge in [0, 0.05) is 6.04 Å². The Hall–Kier alpha value is -2.82. The molecule has 2 aromatic rings. The van der Waals surface area contributed by atoms with Crippen LogP contribution in [0.15, 0.2) is 48.5 Å². The van der Waals surface area contributed by atoms with Crippen molar-refractivity contribution in [3.63, 3.8) is 0 Å². The first kappa shape index (κ1) is 21.5. The Morgan fingerprint density at radius 2 is 1.64 bits per heavy atom. The fourth-order valence-electron chi connectivity index (χ4n) is 2.70. The number of amides is 2. The summed E-state index contributed by atoms with van der Waals surface area (Å²) in [6.45, 7) is 7.94. The van der Waals surface area contributed by atoms with E-state index < -0.39 is 6.10 Å². The number of anilines is 1. The molecule has 0 aliphatic carbocycles. The quantitative estimate of drug-likeness (QED) is 0.667. The number of nitrogens with one attached hydrogen (secondary N) is 2. The molecule has 2 aromatic carbocycles. The van der Waals surface area contributed by atoms with Gasteiger partial charge in [-0.2, -0.15) is 0 Å². The van der Waals surface area contributed by atoms with Gasteiger partial charge in [-0.1, -0.05) is 45.0 Å². The topological polar surface area (TPSA) is 67.4 Å². The molecule has 5 heteroatoms. The molecule has 0 saturated carbocycles. The molecule has 2 atom stereocenters. The third kappa shape index (κ3) is 5.84. The van der Waals surface area contributed by atoms with Gasteiger partial charge in [0.05, 0.1) is 11.3 Å². The lowest BCUT2D eigenvalue weighted by molar-refractivity contribution is -0.122. The number of carbonyl (C=O) groups excluding carboxylic acids is 2. The van der Waals surface area contributed by atoms with E-state index in [0.717, 1.165) is 12.8 Å². The van der Waals surface area contributed by atoms with Crippen molar-refractivity contribution in [3.8, 4) is 5.75 Å². The van der Waals surface area contributed by atoms with Crippen molar-refractivity contribution in [2.24, 2.45) is 0 Å². The number of benzene rings is 2.